The summed E-state index contributed by atoms with van der Waals surface area (Å²) >= 11 is 4.10. The molecule has 20 heteroatoms. The number of amides is 1. The van der Waals surface area contributed by atoms with Crippen molar-refractivity contribution in [2.24, 2.45) is 0 Å². The van der Waals surface area contributed by atoms with Crippen molar-refractivity contribution in [3.63, 3.8) is 0 Å². The van der Waals surface area contributed by atoms with E-state index in [2.05, 4.69) is 31.1 Å². The average molecular weight is 516 g/mol. The fourth-order valence-corrected chi connectivity index (χ4v) is 5.92. The standard InChI is InChI=1S/C10H19N2O14P3S/c1-10(15)7(14)5(24-8(10)12-3-2-6(13)11-9(12)30)4-23-28(19,20)26-29(21,22)25-27(16,17)18/h2-3,5,7-9,14-15,30H,4H2,1H3,(H,11,13)(H,19,20)(H,21,22)(H2,16,17,18). The maximum atomic E-state index is 11.8. The fraction of sp³-hybridized carbons (Fsp3) is 0.700. The highest BCUT2D eigenvalue weighted by atomic mass is 32.1. The van der Waals surface area contributed by atoms with Gasteiger partial charge in [0.2, 0.25) is 5.91 Å². The first-order chi connectivity index (χ1) is 13.4. The topological polar surface area (TPSA) is 242 Å². The third-order valence-corrected chi connectivity index (χ3v) is 7.99. The molecular formula is C10H19N2O14P3S. The number of nitrogens with zero attached hydrogens (tertiary/aromatic N) is 1. The summed E-state index contributed by atoms with van der Waals surface area (Å²) in [4.78, 5) is 48.1. The summed E-state index contributed by atoms with van der Waals surface area (Å²) in [5.41, 5.74) is -2.96. The van der Waals surface area contributed by atoms with Crippen molar-refractivity contribution in [3.05, 3.63) is 12.3 Å². The highest BCUT2D eigenvalue weighted by Gasteiger charge is 2.56. The van der Waals surface area contributed by atoms with E-state index >= 15 is 0 Å². The van der Waals surface area contributed by atoms with Crippen LogP contribution in [0.4, 0.5) is 0 Å². The lowest BCUT2D eigenvalue weighted by atomic mass is 9.96. The van der Waals surface area contributed by atoms with Gasteiger partial charge in [0, 0.05) is 12.3 Å². The van der Waals surface area contributed by atoms with Crippen LogP contribution >= 0.6 is 36.1 Å². The van der Waals surface area contributed by atoms with Crippen LogP contribution in [0.1, 0.15) is 6.92 Å². The Morgan fingerprint density at radius 1 is 1.23 bits per heavy atom. The number of aliphatic hydroxyl groups excluding tert-OH is 1. The van der Waals surface area contributed by atoms with Crippen LogP contribution in [-0.2, 0) is 36.4 Å². The highest BCUT2D eigenvalue weighted by molar-refractivity contribution is 7.80. The number of hydrogen-bond acceptors (Lipinski definition) is 12. The number of thiol groups is 1. The van der Waals surface area contributed by atoms with E-state index in [0.29, 0.717) is 0 Å². The van der Waals surface area contributed by atoms with Gasteiger partial charge in [0.05, 0.1) is 6.61 Å². The number of carbonyl (C=O) groups is 1. The molecule has 1 fully saturated rings. The molecule has 1 saturated heterocycles. The first-order valence-corrected chi connectivity index (χ1v) is 12.8. The fourth-order valence-electron chi connectivity index (χ4n) is 2.57. The molecule has 0 aromatic heterocycles. The van der Waals surface area contributed by atoms with Gasteiger partial charge in [-0.05, 0) is 6.92 Å². The van der Waals surface area contributed by atoms with Gasteiger partial charge in [-0.25, -0.2) is 13.7 Å². The van der Waals surface area contributed by atoms with Gasteiger partial charge in [-0.15, -0.1) is 12.6 Å². The number of ether oxygens (including phenoxy) is 1. The molecule has 2 heterocycles. The van der Waals surface area contributed by atoms with E-state index in [1.807, 2.05) is 0 Å². The lowest BCUT2D eigenvalue weighted by Crippen LogP contribution is -2.57. The Hall–Kier alpha value is -0.350. The molecule has 7 atom stereocenters. The first kappa shape index (κ1) is 25.9. The summed E-state index contributed by atoms with van der Waals surface area (Å²) < 4.78 is 50.6. The Morgan fingerprint density at radius 3 is 2.37 bits per heavy atom. The van der Waals surface area contributed by atoms with Crippen molar-refractivity contribution in [1.29, 1.82) is 0 Å². The van der Waals surface area contributed by atoms with Crippen molar-refractivity contribution >= 4 is 42.0 Å². The molecule has 0 saturated carbocycles. The summed E-state index contributed by atoms with van der Waals surface area (Å²) in [6.07, 6.45) is -2.20. The van der Waals surface area contributed by atoms with E-state index in [4.69, 9.17) is 19.4 Å². The van der Waals surface area contributed by atoms with Crippen LogP contribution in [0.25, 0.3) is 0 Å². The van der Waals surface area contributed by atoms with Crippen molar-refractivity contribution in [3.8, 4) is 0 Å². The molecule has 0 aromatic rings. The van der Waals surface area contributed by atoms with E-state index in [0.717, 1.165) is 13.0 Å². The third-order valence-electron chi connectivity index (χ3n) is 3.80. The van der Waals surface area contributed by atoms with Gasteiger partial charge in [-0.1, -0.05) is 0 Å². The Kier molecular flexibility index (Phi) is 7.67. The Morgan fingerprint density at radius 2 is 1.83 bits per heavy atom. The third kappa shape index (κ3) is 6.58. The molecule has 30 heavy (non-hydrogen) atoms. The SMILES string of the molecule is CC1(O)C(O)C(COP(=O)(O)OP(=O)(O)OP(=O)(O)O)OC1N1C=CC(=O)NC1S. The number of phosphoric ester groups is 1. The normalized spacial score (nSPS) is 36.3. The molecule has 2 rings (SSSR count). The lowest BCUT2D eigenvalue weighted by Gasteiger charge is -2.39. The van der Waals surface area contributed by atoms with Crippen molar-refractivity contribution in [1.82, 2.24) is 10.2 Å². The first-order valence-electron chi connectivity index (χ1n) is 7.72. The predicted octanol–water partition coefficient (Wildman–Crippen LogP) is -1.67. The molecular weight excluding hydrogens is 497 g/mol. The molecule has 0 bridgehead atoms. The molecule has 16 nitrogen and oxygen atoms in total. The van der Waals surface area contributed by atoms with Crippen molar-refractivity contribution in [2.45, 2.75) is 36.5 Å². The highest BCUT2D eigenvalue weighted by Crippen LogP contribution is 2.66. The second-order valence-electron chi connectivity index (χ2n) is 6.23. The zero-order valence-electron chi connectivity index (χ0n) is 14.9. The Labute approximate surface area is 174 Å². The molecule has 0 aliphatic carbocycles. The smallest absolute Gasteiger partial charge is 0.387 e. The molecule has 7 unspecified atom stereocenters. The molecule has 1 amide bonds. The number of phosphoric acid groups is 3. The molecule has 0 spiro atoms. The van der Waals surface area contributed by atoms with Crippen LogP contribution in [0.5, 0.6) is 0 Å². The minimum atomic E-state index is -5.71. The maximum absolute atomic E-state index is 11.8. The van der Waals surface area contributed by atoms with Crippen molar-refractivity contribution < 1.29 is 66.2 Å². The van der Waals surface area contributed by atoms with Gasteiger partial charge in [0.15, 0.2) is 6.23 Å². The zero-order chi connectivity index (χ0) is 23.1. The van der Waals surface area contributed by atoms with Crippen LogP contribution in [-0.4, -0.2) is 76.7 Å². The van der Waals surface area contributed by atoms with Crippen LogP contribution in [0.3, 0.4) is 0 Å². The lowest BCUT2D eigenvalue weighted by molar-refractivity contribution is -0.134. The van der Waals surface area contributed by atoms with Gasteiger partial charge >= 0.3 is 23.5 Å². The Balaban J connectivity index is 2.06. The summed E-state index contributed by atoms with van der Waals surface area (Å²) in [6.45, 7) is 0.191. The van der Waals surface area contributed by atoms with Crippen molar-refractivity contribution in [2.75, 3.05) is 6.61 Å². The number of hydrogen-bond donors (Lipinski definition) is 8. The zero-order valence-corrected chi connectivity index (χ0v) is 18.4. The number of rotatable bonds is 8. The van der Waals surface area contributed by atoms with Gasteiger partial charge < -0.3 is 44.7 Å². The summed E-state index contributed by atoms with van der Waals surface area (Å²) in [5.74, 6) is -0.478. The second-order valence-corrected chi connectivity index (χ2v) is 11.1. The van der Waals surface area contributed by atoms with Gasteiger partial charge in [0.1, 0.15) is 23.3 Å². The monoisotopic (exact) mass is 516 g/mol. The Bertz CT molecular complexity index is 846. The van der Waals surface area contributed by atoms with Gasteiger partial charge in [0.25, 0.3) is 0 Å². The minimum absolute atomic E-state index is 0.478. The van der Waals surface area contributed by atoms with E-state index < -0.39 is 65.5 Å². The average Bonchev–Trinajstić information content (AvgIpc) is 2.73. The molecule has 2 aliphatic heterocycles. The van der Waals surface area contributed by atoms with Crippen LogP contribution < -0.4 is 5.32 Å². The summed E-state index contributed by atoms with van der Waals surface area (Å²) in [5, 5.41) is 23.2. The maximum Gasteiger partial charge on any atom is 0.490 e. The molecule has 0 aromatic carbocycles. The molecule has 174 valence electrons. The summed E-state index contributed by atoms with van der Waals surface area (Å²) in [7, 11) is -16.7. The predicted molar refractivity (Wildman–Crippen MR) is 97.0 cm³/mol. The minimum Gasteiger partial charge on any atom is -0.387 e. The number of nitrogens with one attached hydrogen (secondary N) is 1. The van der Waals surface area contributed by atoms with E-state index in [9.17, 15) is 33.6 Å². The van der Waals surface area contributed by atoms with Crippen LogP contribution in [0, 0.1) is 0 Å². The van der Waals surface area contributed by atoms with E-state index in [1.54, 1.807) is 0 Å². The second kappa shape index (κ2) is 8.89. The quantitative estimate of drug-likeness (QED) is 0.133. The largest absolute Gasteiger partial charge is 0.490 e. The number of carbonyl (C=O) groups excluding carboxylic acids is 1. The molecule has 0 radical (unpaired) electrons. The van der Waals surface area contributed by atoms with Crippen LogP contribution in [0.2, 0.25) is 0 Å². The van der Waals surface area contributed by atoms with E-state index in [1.165, 1.54) is 11.1 Å². The summed E-state index contributed by atoms with van der Waals surface area (Å²) in [6, 6.07) is 0. The van der Waals surface area contributed by atoms with Gasteiger partial charge in [-0.3, -0.25) is 9.32 Å². The van der Waals surface area contributed by atoms with Crippen LogP contribution in [0.15, 0.2) is 12.3 Å². The molecule has 7 N–H and O–H groups in total. The molecule has 2 aliphatic rings. The van der Waals surface area contributed by atoms with Gasteiger partial charge in [-0.2, -0.15) is 8.62 Å². The van der Waals surface area contributed by atoms with E-state index in [-0.39, 0.29) is 0 Å². The number of aliphatic hydroxyl groups is 2.